The highest BCUT2D eigenvalue weighted by atomic mass is 79.9. The molecule has 3 aromatic rings. The summed E-state index contributed by atoms with van der Waals surface area (Å²) in [6.07, 6.45) is 0. The van der Waals surface area contributed by atoms with Crippen molar-refractivity contribution in [2.75, 3.05) is 10.0 Å². The minimum absolute atomic E-state index is 0.212. The van der Waals surface area contributed by atoms with Crippen molar-refractivity contribution >= 4 is 55.3 Å². The summed E-state index contributed by atoms with van der Waals surface area (Å²) in [5, 5.41) is 5.10. The summed E-state index contributed by atoms with van der Waals surface area (Å²) < 4.78 is 23.7. The summed E-state index contributed by atoms with van der Waals surface area (Å²) in [5.41, 5.74) is 3.23. The van der Waals surface area contributed by atoms with Gasteiger partial charge < -0.3 is 0 Å². The number of amides is 1. The lowest BCUT2D eigenvalue weighted by Crippen LogP contribution is -2.16. The monoisotopic (exact) mass is 479 g/mol. The fourth-order valence-corrected chi connectivity index (χ4v) is 3.89. The molecule has 3 N–H and O–H groups in total. The molecule has 1 amide bonds. The summed E-state index contributed by atoms with van der Waals surface area (Å²) >= 11 is 2.44. The average Bonchev–Trinajstić information content (AvgIpc) is 3.10. The molecule has 0 radical (unpaired) electrons. The Labute approximate surface area is 178 Å². The molecule has 0 fully saturated rings. The number of carbonyl (C=O) groups excluding carboxylic acids is 1. The third-order valence-electron chi connectivity index (χ3n) is 4.02. The second kappa shape index (κ2) is 8.95. The standard InChI is InChI=1S/C19H18BrN3O3S2/c1-11(2)13-5-8-16(23-28(25)26)15(9-13)18(24)22-19-21-17(10-27-19)12-3-6-14(20)7-4-12/h3-11,23H,1-2H3,(H,25,26)(H,21,22,24). The highest BCUT2D eigenvalue weighted by molar-refractivity contribution is 9.10. The number of anilines is 2. The van der Waals surface area contributed by atoms with Crippen molar-refractivity contribution in [1.29, 1.82) is 0 Å². The minimum Gasteiger partial charge on any atom is -0.298 e. The molecular weight excluding hydrogens is 462 g/mol. The summed E-state index contributed by atoms with van der Waals surface area (Å²) in [6, 6.07) is 12.9. The van der Waals surface area contributed by atoms with Crippen LogP contribution < -0.4 is 10.0 Å². The summed E-state index contributed by atoms with van der Waals surface area (Å²) in [7, 11) is 0. The van der Waals surface area contributed by atoms with Crippen LogP contribution in [0.1, 0.15) is 35.7 Å². The molecule has 0 spiro atoms. The van der Waals surface area contributed by atoms with E-state index in [0.29, 0.717) is 5.13 Å². The Morgan fingerprint density at radius 3 is 2.57 bits per heavy atom. The number of aromatic nitrogens is 1. The molecule has 1 aromatic heterocycles. The van der Waals surface area contributed by atoms with Gasteiger partial charge in [-0.05, 0) is 35.7 Å². The van der Waals surface area contributed by atoms with Crippen LogP contribution in [0.3, 0.4) is 0 Å². The average molecular weight is 480 g/mol. The minimum atomic E-state index is -2.28. The zero-order valence-corrected chi connectivity index (χ0v) is 18.3. The molecule has 6 nitrogen and oxygen atoms in total. The Hall–Kier alpha value is -2.07. The Morgan fingerprint density at radius 1 is 1.21 bits per heavy atom. The maximum absolute atomic E-state index is 12.8. The second-order valence-corrected chi connectivity index (χ2v) is 8.79. The van der Waals surface area contributed by atoms with Gasteiger partial charge in [0.2, 0.25) is 0 Å². The number of benzene rings is 2. The predicted octanol–water partition coefficient (Wildman–Crippen LogP) is 5.50. The first-order valence-corrected chi connectivity index (χ1v) is 11.2. The van der Waals surface area contributed by atoms with Crippen molar-refractivity contribution in [3.8, 4) is 11.3 Å². The van der Waals surface area contributed by atoms with Gasteiger partial charge in [-0.3, -0.25) is 19.4 Å². The van der Waals surface area contributed by atoms with Crippen molar-refractivity contribution in [3.63, 3.8) is 0 Å². The van der Waals surface area contributed by atoms with Gasteiger partial charge in [-0.15, -0.1) is 11.3 Å². The molecule has 2 aromatic carbocycles. The van der Waals surface area contributed by atoms with E-state index in [1.165, 1.54) is 11.3 Å². The first kappa shape index (κ1) is 20.7. The SMILES string of the molecule is CC(C)c1ccc(NS(=O)O)c(C(=O)Nc2nc(-c3ccc(Br)cc3)cs2)c1. The quantitative estimate of drug-likeness (QED) is 0.407. The number of carbonyl (C=O) groups is 1. The molecule has 3 rings (SSSR count). The summed E-state index contributed by atoms with van der Waals surface area (Å²) in [6.45, 7) is 4.03. The third-order valence-corrected chi connectivity index (χ3v) is 5.70. The van der Waals surface area contributed by atoms with Crippen LogP contribution in [0.2, 0.25) is 0 Å². The fourth-order valence-electron chi connectivity index (χ4n) is 2.54. The van der Waals surface area contributed by atoms with E-state index in [0.717, 1.165) is 21.3 Å². The molecule has 1 unspecified atom stereocenters. The van der Waals surface area contributed by atoms with Gasteiger partial charge in [0.15, 0.2) is 5.13 Å². The van der Waals surface area contributed by atoms with Crippen LogP contribution in [-0.2, 0) is 11.3 Å². The third kappa shape index (κ3) is 5.05. The van der Waals surface area contributed by atoms with Crippen LogP contribution in [0, 0.1) is 0 Å². The van der Waals surface area contributed by atoms with E-state index in [9.17, 15) is 9.00 Å². The van der Waals surface area contributed by atoms with Crippen LogP contribution in [0.15, 0.2) is 52.3 Å². The van der Waals surface area contributed by atoms with Gasteiger partial charge in [-0.25, -0.2) is 9.19 Å². The number of hydrogen-bond donors (Lipinski definition) is 3. The number of thiazole rings is 1. The Kier molecular flexibility index (Phi) is 6.61. The summed E-state index contributed by atoms with van der Waals surface area (Å²) in [4.78, 5) is 17.3. The zero-order chi connectivity index (χ0) is 20.3. The predicted molar refractivity (Wildman–Crippen MR) is 118 cm³/mol. The Bertz CT molecular complexity index is 1020. The van der Waals surface area contributed by atoms with Gasteiger partial charge in [0.05, 0.1) is 16.9 Å². The lowest BCUT2D eigenvalue weighted by Gasteiger charge is -2.13. The maximum atomic E-state index is 12.8. The smallest absolute Gasteiger partial charge is 0.259 e. The lowest BCUT2D eigenvalue weighted by molar-refractivity contribution is 0.102. The number of hydrogen-bond acceptors (Lipinski definition) is 4. The summed E-state index contributed by atoms with van der Waals surface area (Å²) in [5.74, 6) is -0.184. The topological polar surface area (TPSA) is 91.3 Å². The second-order valence-electron chi connectivity index (χ2n) is 6.31. The molecular formula is C19H18BrN3O3S2. The van der Waals surface area contributed by atoms with Gasteiger partial charge in [0, 0.05) is 15.4 Å². The van der Waals surface area contributed by atoms with E-state index in [1.807, 2.05) is 49.6 Å². The van der Waals surface area contributed by atoms with Gasteiger partial charge in [0.25, 0.3) is 17.2 Å². The highest BCUT2D eigenvalue weighted by Gasteiger charge is 2.16. The molecule has 0 bridgehead atoms. The van der Waals surface area contributed by atoms with Crippen LogP contribution in [0.4, 0.5) is 10.8 Å². The van der Waals surface area contributed by atoms with Crippen molar-refractivity contribution < 1.29 is 13.6 Å². The number of nitrogens with one attached hydrogen (secondary N) is 2. The van der Waals surface area contributed by atoms with Crippen LogP contribution in [-0.4, -0.2) is 19.7 Å². The van der Waals surface area contributed by atoms with E-state index in [-0.39, 0.29) is 17.2 Å². The van der Waals surface area contributed by atoms with Crippen molar-refractivity contribution in [1.82, 2.24) is 4.98 Å². The van der Waals surface area contributed by atoms with Crippen LogP contribution in [0.25, 0.3) is 11.3 Å². The molecule has 146 valence electrons. The molecule has 0 saturated heterocycles. The molecule has 1 atom stereocenters. The Morgan fingerprint density at radius 2 is 1.93 bits per heavy atom. The van der Waals surface area contributed by atoms with Crippen molar-refractivity contribution in [2.45, 2.75) is 19.8 Å². The van der Waals surface area contributed by atoms with E-state index < -0.39 is 17.2 Å². The highest BCUT2D eigenvalue weighted by Crippen LogP contribution is 2.28. The molecule has 28 heavy (non-hydrogen) atoms. The van der Waals surface area contributed by atoms with Gasteiger partial charge in [0.1, 0.15) is 0 Å². The number of rotatable bonds is 6. The van der Waals surface area contributed by atoms with Gasteiger partial charge in [-0.1, -0.05) is 48.0 Å². The number of halogens is 1. The van der Waals surface area contributed by atoms with E-state index in [2.05, 4.69) is 31.0 Å². The molecule has 0 aliphatic carbocycles. The normalized spacial score (nSPS) is 12.0. The van der Waals surface area contributed by atoms with Crippen LogP contribution >= 0.6 is 27.3 Å². The first-order valence-electron chi connectivity index (χ1n) is 8.37. The fraction of sp³-hybridized carbons (Fsp3) is 0.158. The van der Waals surface area contributed by atoms with E-state index in [1.54, 1.807) is 12.1 Å². The van der Waals surface area contributed by atoms with E-state index >= 15 is 0 Å². The molecule has 0 aliphatic heterocycles. The molecule has 0 aliphatic rings. The molecule has 9 heteroatoms. The maximum Gasteiger partial charge on any atom is 0.259 e. The van der Waals surface area contributed by atoms with Crippen molar-refractivity contribution in [3.05, 3.63) is 63.4 Å². The van der Waals surface area contributed by atoms with Crippen LogP contribution in [0.5, 0.6) is 0 Å². The zero-order valence-electron chi connectivity index (χ0n) is 15.1. The largest absolute Gasteiger partial charge is 0.298 e. The van der Waals surface area contributed by atoms with Gasteiger partial charge >= 0.3 is 0 Å². The van der Waals surface area contributed by atoms with E-state index in [4.69, 9.17) is 4.55 Å². The number of nitrogens with zero attached hydrogens (tertiary/aromatic N) is 1. The van der Waals surface area contributed by atoms with Crippen molar-refractivity contribution in [2.24, 2.45) is 0 Å². The first-order chi connectivity index (χ1) is 13.3. The molecule has 0 saturated carbocycles. The molecule has 1 heterocycles. The lowest BCUT2D eigenvalue weighted by atomic mass is 9.99. The van der Waals surface area contributed by atoms with Gasteiger partial charge in [-0.2, -0.15) is 0 Å². The Balaban J connectivity index is 1.85.